The quantitative estimate of drug-likeness (QED) is 0.774. The lowest BCUT2D eigenvalue weighted by Crippen LogP contribution is -2.44. The van der Waals surface area contributed by atoms with Crippen LogP contribution in [0.4, 0.5) is 13.2 Å². The van der Waals surface area contributed by atoms with Gasteiger partial charge in [-0.2, -0.15) is 0 Å². The number of rotatable bonds is 4. The van der Waals surface area contributed by atoms with E-state index in [1.54, 1.807) is 4.90 Å². The molecule has 1 aromatic rings. The predicted octanol–water partition coefficient (Wildman–Crippen LogP) is 2.47. The summed E-state index contributed by atoms with van der Waals surface area (Å²) in [6.07, 6.45) is 0.748. The van der Waals surface area contributed by atoms with Crippen molar-refractivity contribution in [1.29, 1.82) is 0 Å². The Hall–Kier alpha value is -2.09. The van der Waals surface area contributed by atoms with Gasteiger partial charge in [-0.1, -0.05) is 20.8 Å². The third-order valence-electron chi connectivity index (χ3n) is 5.81. The number of hydrogen-bond acceptors (Lipinski definition) is 3. The third kappa shape index (κ3) is 4.57. The number of amides is 2. The van der Waals surface area contributed by atoms with Gasteiger partial charge in [0.1, 0.15) is 5.82 Å². The van der Waals surface area contributed by atoms with Gasteiger partial charge >= 0.3 is 0 Å². The Morgan fingerprint density at radius 3 is 2.45 bits per heavy atom. The summed E-state index contributed by atoms with van der Waals surface area (Å²) in [5, 5.41) is 0. The molecular weight excluding hydrogens is 383 g/mol. The molecule has 0 aliphatic carbocycles. The van der Waals surface area contributed by atoms with Crippen LogP contribution in [0.3, 0.4) is 0 Å². The predicted molar refractivity (Wildman–Crippen MR) is 102 cm³/mol. The minimum Gasteiger partial charge on any atom is -0.340 e. The largest absolute Gasteiger partial charge is 0.340 e. The van der Waals surface area contributed by atoms with Crippen molar-refractivity contribution in [2.75, 3.05) is 19.6 Å². The average molecular weight is 411 g/mol. The fourth-order valence-corrected chi connectivity index (χ4v) is 4.33. The number of halogens is 3. The van der Waals surface area contributed by atoms with E-state index in [0.29, 0.717) is 25.7 Å². The number of nitrogens with two attached hydrogens (primary N) is 1. The second-order valence-corrected chi connectivity index (χ2v) is 9.19. The summed E-state index contributed by atoms with van der Waals surface area (Å²) in [5.41, 5.74) is 5.49. The fraction of sp³-hybridized carbons (Fsp3) is 0.619. The standard InChI is InChI=1S/C21H28F3N3O2/c1-21(2,3)20(29)26-10-12-4-5-27(18(12)11-26)19(28)8-14(25)6-13-7-16(23)17(24)9-15(13)22/h7,9,12,14,18H,4-6,8,10-11,25H2,1-3H3/t12-,14+,18+/m0/s1. The summed E-state index contributed by atoms with van der Waals surface area (Å²) >= 11 is 0. The molecule has 2 amide bonds. The van der Waals surface area contributed by atoms with Crippen molar-refractivity contribution in [3.05, 3.63) is 35.1 Å². The molecule has 0 radical (unpaired) electrons. The lowest BCUT2D eigenvalue weighted by molar-refractivity contribution is -0.140. The molecule has 2 aliphatic heterocycles. The molecule has 5 nitrogen and oxygen atoms in total. The Morgan fingerprint density at radius 2 is 1.79 bits per heavy atom. The number of hydrogen-bond donors (Lipinski definition) is 1. The molecule has 0 bridgehead atoms. The van der Waals surface area contributed by atoms with E-state index in [9.17, 15) is 22.8 Å². The zero-order chi connectivity index (χ0) is 21.5. The molecule has 0 aromatic heterocycles. The SMILES string of the molecule is CC(C)(C)C(=O)N1C[C@@H]2CCN(C(=O)C[C@H](N)Cc3cc(F)c(F)cc3F)[C@@H]2C1. The number of fused-ring (bicyclic) bond motifs is 1. The Balaban J connectivity index is 1.60. The van der Waals surface area contributed by atoms with E-state index < -0.39 is 28.9 Å². The second kappa shape index (κ2) is 7.97. The topological polar surface area (TPSA) is 66.6 Å². The Labute approximate surface area is 169 Å². The van der Waals surface area contributed by atoms with E-state index in [2.05, 4.69) is 0 Å². The van der Waals surface area contributed by atoms with E-state index >= 15 is 0 Å². The monoisotopic (exact) mass is 411 g/mol. The number of carbonyl (C=O) groups is 2. The van der Waals surface area contributed by atoms with Crippen LogP contribution in [-0.2, 0) is 16.0 Å². The maximum Gasteiger partial charge on any atom is 0.228 e. The van der Waals surface area contributed by atoms with Gasteiger partial charge in [0.05, 0.1) is 6.04 Å². The molecule has 0 saturated carbocycles. The van der Waals surface area contributed by atoms with Gasteiger partial charge < -0.3 is 15.5 Å². The smallest absolute Gasteiger partial charge is 0.228 e. The van der Waals surface area contributed by atoms with Crippen LogP contribution in [0.1, 0.15) is 39.2 Å². The minimum absolute atomic E-state index is 0.0190. The maximum atomic E-state index is 13.8. The molecule has 160 valence electrons. The number of carbonyl (C=O) groups excluding carboxylic acids is 2. The first kappa shape index (κ1) is 21.6. The van der Waals surface area contributed by atoms with Crippen LogP contribution in [-0.4, -0.2) is 53.3 Å². The molecule has 29 heavy (non-hydrogen) atoms. The van der Waals surface area contributed by atoms with E-state index in [0.717, 1.165) is 12.5 Å². The number of likely N-dealkylation sites (tertiary alicyclic amines) is 2. The third-order valence-corrected chi connectivity index (χ3v) is 5.81. The van der Waals surface area contributed by atoms with E-state index in [-0.39, 0.29) is 42.2 Å². The average Bonchev–Trinajstić information content (AvgIpc) is 3.18. The Kier molecular flexibility index (Phi) is 5.94. The highest BCUT2D eigenvalue weighted by molar-refractivity contribution is 5.82. The first-order valence-corrected chi connectivity index (χ1v) is 9.95. The van der Waals surface area contributed by atoms with Crippen molar-refractivity contribution in [2.45, 2.75) is 52.1 Å². The van der Waals surface area contributed by atoms with Gasteiger partial charge in [-0.05, 0) is 24.5 Å². The highest BCUT2D eigenvalue weighted by Gasteiger charge is 2.46. The van der Waals surface area contributed by atoms with Crippen molar-refractivity contribution in [3.63, 3.8) is 0 Å². The van der Waals surface area contributed by atoms with Gasteiger partial charge in [0.25, 0.3) is 0 Å². The summed E-state index contributed by atoms with van der Waals surface area (Å²) in [4.78, 5) is 28.9. The van der Waals surface area contributed by atoms with Crippen LogP contribution in [0.15, 0.2) is 12.1 Å². The lowest BCUT2D eigenvalue weighted by Gasteiger charge is -2.29. The van der Waals surface area contributed by atoms with Gasteiger partial charge in [0.15, 0.2) is 11.6 Å². The van der Waals surface area contributed by atoms with Crippen LogP contribution in [0.25, 0.3) is 0 Å². The van der Waals surface area contributed by atoms with E-state index in [1.807, 2.05) is 25.7 Å². The van der Waals surface area contributed by atoms with Gasteiger partial charge in [0.2, 0.25) is 11.8 Å². The van der Waals surface area contributed by atoms with Crippen molar-refractivity contribution in [3.8, 4) is 0 Å². The molecule has 8 heteroatoms. The van der Waals surface area contributed by atoms with Crippen molar-refractivity contribution >= 4 is 11.8 Å². The first-order chi connectivity index (χ1) is 13.5. The van der Waals surface area contributed by atoms with Crippen LogP contribution in [0.5, 0.6) is 0 Å². The summed E-state index contributed by atoms with van der Waals surface area (Å²) in [6.45, 7) is 7.41. The minimum atomic E-state index is -1.26. The molecule has 2 aliphatic rings. The van der Waals surface area contributed by atoms with Crippen LogP contribution < -0.4 is 5.73 Å². The maximum absolute atomic E-state index is 13.8. The van der Waals surface area contributed by atoms with Gasteiger partial charge in [0, 0.05) is 49.5 Å². The molecule has 3 atom stereocenters. The van der Waals surface area contributed by atoms with Crippen molar-refractivity contribution < 1.29 is 22.8 Å². The zero-order valence-corrected chi connectivity index (χ0v) is 17.1. The van der Waals surface area contributed by atoms with Crippen molar-refractivity contribution in [1.82, 2.24) is 9.80 Å². The molecule has 0 unspecified atom stereocenters. The molecule has 2 fully saturated rings. The molecule has 2 heterocycles. The molecule has 3 rings (SSSR count). The van der Waals surface area contributed by atoms with Crippen LogP contribution >= 0.6 is 0 Å². The molecule has 0 spiro atoms. The molecule has 2 saturated heterocycles. The second-order valence-electron chi connectivity index (χ2n) is 9.19. The summed E-state index contributed by atoms with van der Waals surface area (Å²) < 4.78 is 40.2. The Bertz CT molecular complexity index is 809. The number of benzene rings is 1. The normalized spacial score (nSPS) is 22.7. The Morgan fingerprint density at radius 1 is 1.14 bits per heavy atom. The number of nitrogens with zero attached hydrogens (tertiary/aromatic N) is 2. The molecule has 2 N–H and O–H groups in total. The molecular formula is C21H28F3N3O2. The fourth-order valence-electron chi connectivity index (χ4n) is 4.33. The van der Waals surface area contributed by atoms with Gasteiger partial charge in [-0.3, -0.25) is 9.59 Å². The summed E-state index contributed by atoms with van der Waals surface area (Å²) in [7, 11) is 0. The molecule has 1 aromatic carbocycles. The summed E-state index contributed by atoms with van der Waals surface area (Å²) in [5.74, 6) is -3.10. The zero-order valence-electron chi connectivity index (χ0n) is 17.1. The van der Waals surface area contributed by atoms with E-state index in [4.69, 9.17) is 5.73 Å². The summed E-state index contributed by atoms with van der Waals surface area (Å²) in [6, 6.07) is 0.535. The lowest BCUT2D eigenvalue weighted by atomic mass is 9.95. The highest BCUT2D eigenvalue weighted by Crippen LogP contribution is 2.34. The van der Waals surface area contributed by atoms with Crippen LogP contribution in [0.2, 0.25) is 0 Å². The van der Waals surface area contributed by atoms with Crippen molar-refractivity contribution in [2.24, 2.45) is 17.1 Å². The first-order valence-electron chi connectivity index (χ1n) is 9.95. The van der Waals surface area contributed by atoms with Gasteiger partial charge in [-0.25, -0.2) is 13.2 Å². The van der Waals surface area contributed by atoms with Crippen LogP contribution in [0, 0.1) is 28.8 Å². The van der Waals surface area contributed by atoms with E-state index in [1.165, 1.54) is 0 Å². The van der Waals surface area contributed by atoms with Gasteiger partial charge in [-0.15, -0.1) is 0 Å². The highest BCUT2D eigenvalue weighted by atomic mass is 19.2.